The van der Waals surface area contributed by atoms with Crippen molar-refractivity contribution in [3.05, 3.63) is 96.1 Å². The first-order valence-electron chi connectivity index (χ1n) is 9.24. The average molecular weight is 404 g/mol. The van der Waals surface area contributed by atoms with Crippen molar-refractivity contribution < 1.29 is 4.79 Å². The number of hydrogen-bond donors (Lipinski definition) is 1. The molecule has 0 bridgehead atoms. The fourth-order valence-electron chi connectivity index (χ4n) is 3.06. The molecule has 29 heavy (non-hydrogen) atoms. The van der Waals surface area contributed by atoms with E-state index in [4.69, 9.17) is 0 Å². The highest BCUT2D eigenvalue weighted by molar-refractivity contribution is 7.98. The summed E-state index contributed by atoms with van der Waals surface area (Å²) in [5.41, 5.74) is 3.76. The Balaban J connectivity index is 1.39. The van der Waals surface area contributed by atoms with E-state index in [1.54, 1.807) is 24.2 Å². The second-order valence-corrected chi connectivity index (χ2v) is 7.31. The topological polar surface area (TPSA) is 64.7 Å². The highest BCUT2D eigenvalue weighted by Gasteiger charge is 2.09. The molecule has 0 radical (unpaired) electrons. The van der Waals surface area contributed by atoms with Crippen molar-refractivity contribution in [1.82, 2.24) is 24.6 Å². The van der Waals surface area contributed by atoms with E-state index in [0.29, 0.717) is 12.1 Å². The number of nitrogens with one attached hydrogen (secondary N) is 1. The molecule has 0 unspecified atom stereocenters. The monoisotopic (exact) mass is 403 g/mol. The Morgan fingerprint density at radius 2 is 1.86 bits per heavy atom. The van der Waals surface area contributed by atoms with Crippen LogP contribution in [0.15, 0.2) is 84.5 Å². The summed E-state index contributed by atoms with van der Waals surface area (Å²) in [6.07, 6.45) is 9.35. The maximum absolute atomic E-state index is 12.6. The van der Waals surface area contributed by atoms with Gasteiger partial charge in [0.25, 0.3) is 5.91 Å². The van der Waals surface area contributed by atoms with E-state index in [1.807, 2.05) is 70.4 Å². The van der Waals surface area contributed by atoms with Crippen molar-refractivity contribution in [3.8, 4) is 5.69 Å². The minimum absolute atomic E-state index is 0.0988. The van der Waals surface area contributed by atoms with Gasteiger partial charge in [0.1, 0.15) is 0 Å². The van der Waals surface area contributed by atoms with E-state index in [9.17, 15) is 4.79 Å². The second-order valence-electron chi connectivity index (χ2n) is 6.54. The Morgan fingerprint density at radius 3 is 2.62 bits per heavy atom. The number of aromatic nitrogens is 4. The molecule has 0 aliphatic carbocycles. The lowest BCUT2D eigenvalue weighted by molar-refractivity contribution is 0.0951. The number of imidazole rings is 1. The van der Waals surface area contributed by atoms with Gasteiger partial charge in [0, 0.05) is 42.6 Å². The van der Waals surface area contributed by atoms with Gasteiger partial charge in [-0.2, -0.15) is 5.10 Å². The van der Waals surface area contributed by atoms with Crippen LogP contribution in [0, 0.1) is 0 Å². The third-order valence-corrected chi connectivity index (χ3v) is 5.22. The smallest absolute Gasteiger partial charge is 0.251 e. The predicted molar refractivity (Wildman–Crippen MR) is 114 cm³/mol. The third kappa shape index (κ3) is 4.57. The second kappa shape index (κ2) is 8.79. The summed E-state index contributed by atoms with van der Waals surface area (Å²) >= 11 is 1.57. The van der Waals surface area contributed by atoms with E-state index < -0.39 is 0 Å². The first-order chi connectivity index (χ1) is 14.2. The molecule has 0 spiro atoms. The molecule has 6 nitrogen and oxygen atoms in total. The molecule has 0 saturated carbocycles. The van der Waals surface area contributed by atoms with Crippen LogP contribution in [0.5, 0.6) is 0 Å². The molecule has 0 saturated heterocycles. The molecule has 1 amide bonds. The Labute approximate surface area is 173 Å². The Morgan fingerprint density at radius 1 is 1.03 bits per heavy atom. The molecule has 1 N–H and O–H groups in total. The van der Waals surface area contributed by atoms with Crippen LogP contribution in [0.3, 0.4) is 0 Å². The summed E-state index contributed by atoms with van der Waals surface area (Å²) in [6.45, 7) is 1.21. The Kier molecular flexibility index (Phi) is 5.76. The number of thioether (sulfide) groups is 1. The number of carbonyl (C=O) groups is 1. The van der Waals surface area contributed by atoms with Crippen LogP contribution < -0.4 is 5.32 Å². The molecule has 0 aliphatic heterocycles. The van der Waals surface area contributed by atoms with Crippen molar-refractivity contribution >= 4 is 17.7 Å². The van der Waals surface area contributed by atoms with Crippen molar-refractivity contribution in [2.24, 2.45) is 0 Å². The van der Waals surface area contributed by atoms with Gasteiger partial charge in [-0.25, -0.2) is 4.98 Å². The molecule has 4 aromatic rings. The summed E-state index contributed by atoms with van der Waals surface area (Å²) in [5.74, 6) is -0.0988. The molecule has 146 valence electrons. The molecule has 2 aromatic carbocycles. The number of nitrogens with zero attached hydrogens (tertiary/aromatic N) is 4. The lowest BCUT2D eigenvalue weighted by atomic mass is 10.1. The Hall–Kier alpha value is -3.32. The highest BCUT2D eigenvalue weighted by Crippen LogP contribution is 2.19. The van der Waals surface area contributed by atoms with Crippen LogP contribution in [0.1, 0.15) is 21.5 Å². The van der Waals surface area contributed by atoms with Crippen molar-refractivity contribution in [2.45, 2.75) is 18.2 Å². The van der Waals surface area contributed by atoms with Gasteiger partial charge in [-0.1, -0.05) is 42.1 Å². The van der Waals surface area contributed by atoms with Gasteiger partial charge in [0.05, 0.1) is 6.54 Å². The van der Waals surface area contributed by atoms with Gasteiger partial charge >= 0.3 is 0 Å². The summed E-state index contributed by atoms with van der Waals surface area (Å²) in [7, 11) is 0. The van der Waals surface area contributed by atoms with E-state index in [0.717, 1.165) is 23.0 Å². The van der Waals surface area contributed by atoms with E-state index in [-0.39, 0.29) is 5.91 Å². The molecule has 0 aliphatic rings. The zero-order valence-electron chi connectivity index (χ0n) is 16.0. The van der Waals surface area contributed by atoms with Crippen LogP contribution in [-0.2, 0) is 13.1 Å². The van der Waals surface area contributed by atoms with Crippen molar-refractivity contribution in [1.29, 1.82) is 0 Å². The highest BCUT2D eigenvalue weighted by atomic mass is 32.2. The standard InChI is InChI=1S/C22H21N5OS/c1-29-22-23-11-13-27(22)20-5-2-4-19(14-20)21(28)24-15-17-6-8-18(9-7-17)16-26-12-3-10-25-26/h2-14H,15-16H2,1H3,(H,24,28). The molecule has 2 heterocycles. The SMILES string of the molecule is CSc1nccn1-c1cccc(C(=O)NCc2ccc(Cn3cccn3)cc2)c1. The fourth-order valence-corrected chi connectivity index (χ4v) is 3.59. The molecular weight excluding hydrogens is 382 g/mol. The maximum atomic E-state index is 12.6. The van der Waals surface area contributed by atoms with Gasteiger partial charge in [-0.05, 0) is 41.6 Å². The molecule has 2 aromatic heterocycles. The van der Waals surface area contributed by atoms with E-state index in [1.165, 1.54) is 5.56 Å². The summed E-state index contributed by atoms with van der Waals surface area (Å²) < 4.78 is 3.85. The summed E-state index contributed by atoms with van der Waals surface area (Å²) in [5, 5.41) is 8.10. The van der Waals surface area contributed by atoms with Crippen molar-refractivity contribution in [3.63, 3.8) is 0 Å². The molecule has 0 atom stereocenters. The first kappa shape index (κ1) is 19.0. The van der Waals surface area contributed by atoms with Crippen LogP contribution in [0.25, 0.3) is 5.69 Å². The molecule has 7 heteroatoms. The Bertz CT molecular complexity index is 1090. The van der Waals surface area contributed by atoms with Crippen LogP contribution >= 0.6 is 11.8 Å². The van der Waals surface area contributed by atoms with Crippen LogP contribution in [0.4, 0.5) is 0 Å². The lowest BCUT2D eigenvalue weighted by Gasteiger charge is -2.10. The maximum Gasteiger partial charge on any atom is 0.251 e. The number of benzene rings is 2. The molecule has 0 fully saturated rings. The number of hydrogen-bond acceptors (Lipinski definition) is 4. The van der Waals surface area contributed by atoms with Crippen molar-refractivity contribution in [2.75, 3.05) is 6.26 Å². The fraction of sp³-hybridized carbons (Fsp3) is 0.136. The minimum Gasteiger partial charge on any atom is -0.348 e. The summed E-state index contributed by atoms with van der Waals surface area (Å²) in [4.78, 5) is 16.9. The number of rotatable bonds is 7. The first-order valence-corrected chi connectivity index (χ1v) is 10.5. The van der Waals surface area contributed by atoms with Gasteiger partial charge in [0.2, 0.25) is 0 Å². The van der Waals surface area contributed by atoms with E-state index >= 15 is 0 Å². The largest absolute Gasteiger partial charge is 0.348 e. The molecular formula is C22H21N5OS. The summed E-state index contributed by atoms with van der Waals surface area (Å²) in [6, 6.07) is 17.7. The van der Waals surface area contributed by atoms with Crippen LogP contribution in [0.2, 0.25) is 0 Å². The number of carbonyl (C=O) groups excluding carboxylic acids is 1. The van der Waals surface area contributed by atoms with E-state index in [2.05, 4.69) is 27.5 Å². The predicted octanol–water partition coefficient (Wildman–Crippen LogP) is 3.77. The van der Waals surface area contributed by atoms with Gasteiger partial charge < -0.3 is 5.32 Å². The quantitative estimate of drug-likeness (QED) is 0.477. The third-order valence-electron chi connectivity index (χ3n) is 4.56. The lowest BCUT2D eigenvalue weighted by Crippen LogP contribution is -2.22. The normalized spacial score (nSPS) is 10.8. The zero-order chi connectivity index (χ0) is 20.1. The minimum atomic E-state index is -0.0988. The number of amides is 1. The van der Waals surface area contributed by atoms with Gasteiger partial charge in [-0.3, -0.25) is 14.0 Å². The van der Waals surface area contributed by atoms with Gasteiger partial charge in [-0.15, -0.1) is 0 Å². The molecule has 4 rings (SSSR count). The van der Waals surface area contributed by atoms with Gasteiger partial charge in [0.15, 0.2) is 5.16 Å². The van der Waals surface area contributed by atoms with Crippen LogP contribution in [-0.4, -0.2) is 31.5 Å². The zero-order valence-corrected chi connectivity index (χ0v) is 16.8. The average Bonchev–Trinajstić information content (AvgIpc) is 3.45.